The van der Waals surface area contributed by atoms with Crippen molar-refractivity contribution in [3.05, 3.63) is 45.5 Å². The zero-order valence-electron chi connectivity index (χ0n) is 12.9. The maximum atomic E-state index is 11.7. The fourth-order valence-electron chi connectivity index (χ4n) is 2.03. The fourth-order valence-corrected chi connectivity index (χ4v) is 2.03. The van der Waals surface area contributed by atoms with Crippen LogP contribution in [0.2, 0.25) is 0 Å². The largest absolute Gasteiger partial charge is 0.478 e. The van der Waals surface area contributed by atoms with Gasteiger partial charge in [0, 0.05) is 5.56 Å². The van der Waals surface area contributed by atoms with E-state index < -0.39 is 29.7 Å². The first-order valence-corrected chi connectivity index (χ1v) is 7.10. The van der Waals surface area contributed by atoms with Crippen molar-refractivity contribution in [1.29, 1.82) is 0 Å². The van der Waals surface area contributed by atoms with Crippen molar-refractivity contribution >= 4 is 11.9 Å². The van der Waals surface area contributed by atoms with Crippen LogP contribution in [0.5, 0.6) is 0 Å². The summed E-state index contributed by atoms with van der Waals surface area (Å²) in [6.45, 7) is 3.13. The molecule has 1 atom stereocenters. The quantitative estimate of drug-likeness (QED) is 0.421. The second-order valence-corrected chi connectivity index (χ2v) is 5.34. The number of hydrogen-bond donors (Lipinski definition) is 1. The number of ether oxygens (including phenoxy) is 1. The lowest BCUT2D eigenvalue weighted by Crippen LogP contribution is -2.20. The number of esters is 1. The Labute approximate surface area is 133 Å². The molecule has 0 heterocycles. The Morgan fingerprint density at radius 2 is 1.91 bits per heavy atom. The Morgan fingerprint density at radius 1 is 1.26 bits per heavy atom. The van der Waals surface area contributed by atoms with Crippen molar-refractivity contribution in [3.8, 4) is 0 Å². The van der Waals surface area contributed by atoms with Crippen LogP contribution in [-0.4, -0.2) is 28.7 Å². The van der Waals surface area contributed by atoms with Crippen LogP contribution in [-0.2, 0) is 14.4 Å². The molecule has 0 fully saturated rings. The van der Waals surface area contributed by atoms with Crippen molar-refractivity contribution in [1.82, 2.24) is 0 Å². The van der Waals surface area contributed by atoms with Gasteiger partial charge in [-0.05, 0) is 24.8 Å². The normalized spacial score (nSPS) is 11.8. The first kappa shape index (κ1) is 18.4. The van der Waals surface area contributed by atoms with E-state index in [9.17, 15) is 24.8 Å². The Bertz CT molecular complexity index is 571. The predicted molar refractivity (Wildman–Crippen MR) is 79.3 cm³/mol. The molecule has 8 nitrogen and oxygen atoms in total. The lowest BCUT2D eigenvalue weighted by atomic mass is 9.96. The van der Waals surface area contributed by atoms with Crippen molar-refractivity contribution in [3.63, 3.8) is 0 Å². The van der Waals surface area contributed by atoms with Gasteiger partial charge in [-0.3, -0.25) is 0 Å². The molecule has 1 aromatic carbocycles. The van der Waals surface area contributed by atoms with Gasteiger partial charge in [-0.15, -0.1) is 10.1 Å². The second-order valence-electron chi connectivity index (χ2n) is 5.34. The molecule has 1 unspecified atom stereocenters. The summed E-state index contributed by atoms with van der Waals surface area (Å²) in [5, 5.41) is 18.3. The molecule has 0 aromatic heterocycles. The third-order valence-corrected chi connectivity index (χ3v) is 3.11. The van der Waals surface area contributed by atoms with Gasteiger partial charge in [-0.2, -0.15) is 0 Å². The van der Waals surface area contributed by atoms with Gasteiger partial charge in [-0.1, -0.05) is 32.0 Å². The molecule has 23 heavy (non-hydrogen) atoms. The predicted octanol–water partition coefficient (Wildman–Crippen LogP) is 2.61. The minimum absolute atomic E-state index is 0.0317. The van der Waals surface area contributed by atoms with E-state index in [1.165, 1.54) is 6.07 Å². The van der Waals surface area contributed by atoms with Gasteiger partial charge in [0.2, 0.25) is 0 Å². The highest BCUT2D eigenvalue weighted by atomic mass is 17.0. The minimum Gasteiger partial charge on any atom is -0.478 e. The highest BCUT2D eigenvalue weighted by molar-refractivity contribution is 5.89. The summed E-state index contributed by atoms with van der Waals surface area (Å²) in [6, 6.07) is 6.20. The third-order valence-electron chi connectivity index (χ3n) is 3.11. The Kier molecular flexibility index (Phi) is 6.98. The third kappa shape index (κ3) is 6.33. The molecule has 0 saturated carbocycles. The van der Waals surface area contributed by atoms with Gasteiger partial charge in [0.1, 0.15) is 6.10 Å². The molecule has 0 radical (unpaired) electrons. The van der Waals surface area contributed by atoms with Gasteiger partial charge < -0.3 is 14.7 Å². The monoisotopic (exact) mass is 325 g/mol. The van der Waals surface area contributed by atoms with E-state index in [4.69, 9.17) is 4.74 Å². The summed E-state index contributed by atoms with van der Waals surface area (Å²) >= 11 is 0. The van der Waals surface area contributed by atoms with Crippen molar-refractivity contribution < 1.29 is 29.4 Å². The molecule has 1 rings (SSSR count). The molecule has 0 spiro atoms. The molecule has 8 heteroatoms. The minimum atomic E-state index is -1.13. The maximum absolute atomic E-state index is 11.7. The number of carbonyl (C=O) groups is 2. The van der Waals surface area contributed by atoms with Gasteiger partial charge in [0.15, 0.2) is 6.61 Å². The lowest BCUT2D eigenvalue weighted by molar-refractivity contribution is -0.754. The zero-order valence-corrected chi connectivity index (χ0v) is 12.9. The van der Waals surface area contributed by atoms with Crippen LogP contribution in [0.4, 0.5) is 0 Å². The van der Waals surface area contributed by atoms with E-state index >= 15 is 0 Å². The summed E-state index contributed by atoms with van der Waals surface area (Å²) < 4.78 is 5.20. The fraction of sp³-hybridized carbons (Fsp3) is 0.467. The van der Waals surface area contributed by atoms with Crippen molar-refractivity contribution in [2.45, 2.75) is 32.8 Å². The summed E-state index contributed by atoms with van der Waals surface area (Å²) in [4.78, 5) is 37.1. The highest BCUT2D eigenvalue weighted by Crippen LogP contribution is 2.28. The number of carbonyl (C=O) groups excluding carboxylic acids is 1. The van der Waals surface area contributed by atoms with Crippen LogP contribution in [0.25, 0.3) is 0 Å². The molecule has 126 valence electrons. The van der Waals surface area contributed by atoms with E-state index in [-0.39, 0.29) is 5.56 Å². The van der Waals surface area contributed by atoms with Gasteiger partial charge in [0.05, 0.1) is 5.56 Å². The van der Waals surface area contributed by atoms with Gasteiger partial charge in [-0.25, -0.2) is 9.59 Å². The highest BCUT2D eigenvalue weighted by Gasteiger charge is 2.23. The Hall–Kier alpha value is -2.64. The van der Waals surface area contributed by atoms with E-state index in [2.05, 4.69) is 4.84 Å². The van der Waals surface area contributed by atoms with Crippen LogP contribution >= 0.6 is 0 Å². The second kappa shape index (κ2) is 8.72. The summed E-state index contributed by atoms with van der Waals surface area (Å²) in [7, 11) is 0. The molecule has 0 bridgehead atoms. The lowest BCUT2D eigenvalue weighted by Gasteiger charge is -2.20. The molecule has 0 aliphatic rings. The molecule has 0 amide bonds. The van der Waals surface area contributed by atoms with Gasteiger partial charge >= 0.3 is 11.9 Å². The SMILES string of the molecule is CC(C)CCC(OC(=O)CO[N+](=O)[O-])c1ccccc1C(=O)O. The number of rotatable bonds is 9. The molecule has 0 saturated heterocycles. The number of hydrogen-bond acceptors (Lipinski definition) is 6. The molecule has 1 aromatic rings. The molecular weight excluding hydrogens is 306 g/mol. The van der Waals surface area contributed by atoms with Crippen LogP contribution in [0.3, 0.4) is 0 Å². The van der Waals surface area contributed by atoms with E-state index in [0.29, 0.717) is 24.3 Å². The number of nitrogens with zero attached hydrogens (tertiary/aromatic N) is 1. The smallest absolute Gasteiger partial charge is 0.336 e. The number of carboxylic acids is 1. The molecular formula is C15H19NO7. The summed E-state index contributed by atoms with van der Waals surface area (Å²) in [6.07, 6.45) is 0.307. The Balaban J connectivity index is 2.94. The Morgan fingerprint density at radius 3 is 2.48 bits per heavy atom. The molecule has 0 aliphatic carbocycles. The summed E-state index contributed by atoms with van der Waals surface area (Å²) in [5.41, 5.74) is 0.388. The standard InChI is InChI=1S/C15H19NO7/c1-10(2)7-8-13(23-14(17)9-22-16(20)21)11-5-3-4-6-12(11)15(18)19/h3-6,10,13H,7-9H2,1-2H3,(H,18,19). The van der Waals surface area contributed by atoms with E-state index in [1.807, 2.05) is 13.8 Å². The average Bonchev–Trinajstić information content (AvgIpc) is 2.49. The number of aromatic carboxylic acids is 1. The van der Waals surface area contributed by atoms with E-state index in [1.54, 1.807) is 18.2 Å². The van der Waals surface area contributed by atoms with Crippen molar-refractivity contribution in [2.75, 3.05) is 6.61 Å². The van der Waals surface area contributed by atoms with Gasteiger partial charge in [0.25, 0.3) is 5.09 Å². The van der Waals surface area contributed by atoms with Crippen LogP contribution in [0.15, 0.2) is 24.3 Å². The van der Waals surface area contributed by atoms with E-state index in [0.717, 1.165) is 0 Å². The first-order valence-electron chi connectivity index (χ1n) is 7.10. The van der Waals surface area contributed by atoms with Crippen LogP contribution in [0.1, 0.15) is 48.7 Å². The average molecular weight is 325 g/mol. The summed E-state index contributed by atoms with van der Waals surface area (Å²) in [5.74, 6) is -1.73. The van der Waals surface area contributed by atoms with Crippen LogP contribution in [0, 0.1) is 16.0 Å². The number of carboxylic acid groups (broad SMARTS) is 1. The maximum Gasteiger partial charge on any atom is 0.336 e. The topological polar surface area (TPSA) is 116 Å². The molecule has 0 aliphatic heterocycles. The first-order chi connectivity index (χ1) is 10.8. The molecule has 1 N–H and O–H groups in total. The number of benzene rings is 1. The zero-order chi connectivity index (χ0) is 17.4. The van der Waals surface area contributed by atoms with Crippen molar-refractivity contribution in [2.24, 2.45) is 5.92 Å². The van der Waals surface area contributed by atoms with Crippen LogP contribution < -0.4 is 0 Å².